The minimum absolute atomic E-state index is 0.0272. The smallest absolute Gasteiger partial charge is 0.408 e. The maximum absolute atomic E-state index is 13.2. The van der Waals surface area contributed by atoms with E-state index in [1.165, 1.54) is 6.08 Å². The quantitative estimate of drug-likeness (QED) is 0.200. The number of carbonyl (C=O) groups excluding carboxylic acids is 4. The minimum atomic E-state index is -1.06. The molecule has 1 saturated heterocycles. The third-order valence-corrected chi connectivity index (χ3v) is 7.23. The highest BCUT2D eigenvalue weighted by atomic mass is 16.6. The summed E-state index contributed by atoms with van der Waals surface area (Å²) in [6, 6.07) is 16.8. The van der Waals surface area contributed by atoms with E-state index >= 15 is 0 Å². The number of allylic oxidation sites excluding steroid dienone is 1. The molecule has 3 rings (SSSR count). The van der Waals surface area contributed by atoms with Gasteiger partial charge in [0.1, 0.15) is 18.8 Å². The third-order valence-electron chi connectivity index (χ3n) is 7.23. The summed E-state index contributed by atoms with van der Waals surface area (Å²) in [6.07, 6.45) is 3.32. The molecular weight excluding hydrogens is 550 g/mol. The fraction of sp³-hybridized carbons (Fsp3) is 0.394. The fourth-order valence-electron chi connectivity index (χ4n) is 4.91. The van der Waals surface area contributed by atoms with Crippen LogP contribution in [0.2, 0.25) is 0 Å². The average molecular weight is 592 g/mol. The van der Waals surface area contributed by atoms with Crippen molar-refractivity contribution in [2.75, 3.05) is 19.7 Å². The number of hydrogen-bond acceptors (Lipinski definition) is 7. The maximum Gasteiger partial charge on any atom is 0.408 e. The van der Waals surface area contributed by atoms with Crippen LogP contribution in [-0.4, -0.2) is 65.7 Å². The van der Waals surface area contributed by atoms with Gasteiger partial charge in [-0.1, -0.05) is 72.8 Å². The molecule has 1 aliphatic heterocycles. The van der Waals surface area contributed by atoms with Crippen LogP contribution < -0.4 is 10.6 Å². The van der Waals surface area contributed by atoms with Crippen molar-refractivity contribution >= 4 is 23.9 Å². The van der Waals surface area contributed by atoms with Crippen molar-refractivity contribution in [1.82, 2.24) is 15.5 Å². The molecule has 1 fully saturated rings. The Morgan fingerprint density at radius 3 is 2.33 bits per heavy atom. The van der Waals surface area contributed by atoms with Crippen LogP contribution in [0.3, 0.4) is 0 Å². The number of nitrogens with zero attached hydrogens (tertiary/aromatic N) is 1. The van der Waals surface area contributed by atoms with Crippen LogP contribution in [0, 0.1) is 5.92 Å². The van der Waals surface area contributed by atoms with E-state index in [1.54, 1.807) is 35.2 Å². The van der Waals surface area contributed by atoms with Crippen LogP contribution in [0.4, 0.5) is 4.79 Å². The van der Waals surface area contributed by atoms with Crippen molar-refractivity contribution in [2.24, 2.45) is 5.92 Å². The van der Waals surface area contributed by atoms with E-state index < -0.39 is 30.1 Å². The highest BCUT2D eigenvalue weighted by Crippen LogP contribution is 2.22. The Kier molecular flexibility index (Phi) is 13.5. The lowest BCUT2D eigenvalue weighted by Crippen LogP contribution is -2.44. The molecule has 0 radical (unpaired) electrons. The fourth-order valence-corrected chi connectivity index (χ4v) is 4.91. The third kappa shape index (κ3) is 10.4. The molecule has 3 amide bonds. The lowest BCUT2D eigenvalue weighted by molar-refractivity contribution is -0.152. The van der Waals surface area contributed by atoms with Crippen LogP contribution in [0.5, 0.6) is 0 Å². The average Bonchev–Trinajstić information content (AvgIpc) is 3.51. The molecule has 2 aromatic carbocycles. The molecule has 10 heteroatoms. The topological polar surface area (TPSA) is 134 Å². The Balaban J connectivity index is 1.64. The van der Waals surface area contributed by atoms with Gasteiger partial charge in [-0.3, -0.25) is 9.59 Å². The van der Waals surface area contributed by atoms with E-state index in [1.807, 2.05) is 36.4 Å². The van der Waals surface area contributed by atoms with Crippen molar-refractivity contribution in [2.45, 2.75) is 56.9 Å². The van der Waals surface area contributed by atoms with Gasteiger partial charge < -0.3 is 30.1 Å². The monoisotopic (exact) mass is 591 g/mol. The summed E-state index contributed by atoms with van der Waals surface area (Å²) in [5, 5.41) is 14.9. The van der Waals surface area contributed by atoms with E-state index in [0.717, 1.165) is 18.4 Å². The molecule has 0 bridgehead atoms. The summed E-state index contributed by atoms with van der Waals surface area (Å²) < 4.78 is 11.1. The Morgan fingerprint density at radius 1 is 1.00 bits per heavy atom. The van der Waals surface area contributed by atoms with Gasteiger partial charge in [0.2, 0.25) is 11.8 Å². The number of nitrogens with one attached hydrogen (secondary N) is 2. The highest BCUT2D eigenvalue weighted by molar-refractivity contribution is 5.86. The van der Waals surface area contributed by atoms with Crippen LogP contribution in [0.15, 0.2) is 86.0 Å². The van der Waals surface area contributed by atoms with Gasteiger partial charge in [0, 0.05) is 13.0 Å². The number of amides is 3. The SMILES string of the molecule is C=CC[C@@H](CC(=O)N1CCC[C@H]1CO)C(=O)NC[C@@H](OC(=O)[C@@H](CC=C)NC(=O)OCc1ccccc1)c1ccccc1. The van der Waals surface area contributed by atoms with Gasteiger partial charge in [-0.15, -0.1) is 13.2 Å². The Bertz CT molecular complexity index is 1220. The zero-order chi connectivity index (χ0) is 31.0. The molecule has 230 valence electrons. The summed E-state index contributed by atoms with van der Waals surface area (Å²) in [7, 11) is 0. The molecule has 4 atom stereocenters. The molecule has 43 heavy (non-hydrogen) atoms. The molecule has 10 nitrogen and oxygen atoms in total. The maximum atomic E-state index is 13.2. The van der Waals surface area contributed by atoms with Gasteiger partial charge in [0.25, 0.3) is 0 Å². The standard InChI is InChI=1S/C33H41N3O7/c1-3-12-26(20-30(38)36-19-11-18-27(36)22-37)31(39)34-21-29(25-16-9-6-10-17-25)43-32(40)28(13-4-2)35-33(41)42-23-24-14-7-5-8-15-24/h3-10,14-17,26-29,37H,1-2,11-13,18-23H2,(H,34,39)(H,35,41)/t26-,27-,28+,29+/m0/s1. The molecule has 1 aliphatic rings. The number of hydrogen-bond donors (Lipinski definition) is 3. The Morgan fingerprint density at radius 2 is 1.67 bits per heavy atom. The first-order valence-electron chi connectivity index (χ1n) is 14.5. The Hall–Kier alpha value is -4.44. The van der Waals surface area contributed by atoms with E-state index in [4.69, 9.17) is 9.47 Å². The number of carbonyl (C=O) groups is 4. The first-order valence-corrected chi connectivity index (χ1v) is 14.5. The van der Waals surface area contributed by atoms with Gasteiger partial charge >= 0.3 is 12.1 Å². The summed E-state index contributed by atoms with van der Waals surface area (Å²) in [5.74, 6) is -1.97. The van der Waals surface area contributed by atoms with Gasteiger partial charge in [0.05, 0.1) is 25.1 Å². The van der Waals surface area contributed by atoms with Gasteiger partial charge in [-0.05, 0) is 36.8 Å². The number of likely N-dealkylation sites (tertiary alicyclic amines) is 1. The van der Waals surface area contributed by atoms with E-state index in [9.17, 15) is 24.3 Å². The number of aliphatic hydroxyl groups excluding tert-OH is 1. The van der Waals surface area contributed by atoms with E-state index in [2.05, 4.69) is 23.8 Å². The molecular formula is C33H41N3O7. The van der Waals surface area contributed by atoms with Crippen molar-refractivity contribution in [1.29, 1.82) is 0 Å². The second-order valence-corrected chi connectivity index (χ2v) is 10.4. The second kappa shape index (κ2) is 17.5. The largest absolute Gasteiger partial charge is 0.454 e. The molecule has 0 aromatic heterocycles. The predicted octanol–water partition coefficient (Wildman–Crippen LogP) is 3.82. The van der Waals surface area contributed by atoms with Crippen LogP contribution in [0.25, 0.3) is 0 Å². The number of ether oxygens (including phenoxy) is 2. The van der Waals surface area contributed by atoms with Gasteiger partial charge in [-0.2, -0.15) is 0 Å². The second-order valence-electron chi connectivity index (χ2n) is 10.4. The van der Waals surface area contributed by atoms with Crippen molar-refractivity contribution < 1.29 is 33.8 Å². The summed E-state index contributed by atoms with van der Waals surface area (Å²) in [4.78, 5) is 53.5. The van der Waals surface area contributed by atoms with Crippen molar-refractivity contribution in [3.05, 3.63) is 97.1 Å². The van der Waals surface area contributed by atoms with Gasteiger partial charge in [0.15, 0.2) is 0 Å². The minimum Gasteiger partial charge on any atom is -0.454 e. The summed E-state index contributed by atoms with van der Waals surface area (Å²) in [5.41, 5.74) is 1.44. The normalized spacial score (nSPS) is 16.3. The lowest BCUT2D eigenvalue weighted by Gasteiger charge is -2.26. The predicted molar refractivity (Wildman–Crippen MR) is 161 cm³/mol. The lowest BCUT2D eigenvalue weighted by atomic mass is 9.99. The van der Waals surface area contributed by atoms with Gasteiger partial charge in [-0.25, -0.2) is 9.59 Å². The molecule has 0 spiro atoms. The van der Waals surface area contributed by atoms with Crippen molar-refractivity contribution in [3.8, 4) is 0 Å². The summed E-state index contributed by atoms with van der Waals surface area (Å²) >= 11 is 0. The molecule has 0 aliphatic carbocycles. The molecule has 0 unspecified atom stereocenters. The first-order chi connectivity index (χ1) is 20.9. The zero-order valence-corrected chi connectivity index (χ0v) is 24.4. The zero-order valence-electron chi connectivity index (χ0n) is 24.4. The highest BCUT2D eigenvalue weighted by Gasteiger charge is 2.32. The molecule has 0 saturated carbocycles. The summed E-state index contributed by atoms with van der Waals surface area (Å²) in [6.45, 7) is 7.82. The Labute approximate surface area is 252 Å². The number of alkyl carbamates (subject to hydrolysis) is 1. The number of aliphatic hydroxyl groups is 1. The van der Waals surface area contributed by atoms with Crippen molar-refractivity contribution in [3.63, 3.8) is 0 Å². The molecule has 1 heterocycles. The van der Waals surface area contributed by atoms with Crippen LogP contribution >= 0.6 is 0 Å². The first kappa shape index (κ1) is 33.1. The van der Waals surface area contributed by atoms with E-state index in [-0.39, 0.29) is 56.9 Å². The van der Waals surface area contributed by atoms with Crippen LogP contribution in [0.1, 0.15) is 49.3 Å². The molecule has 3 N–H and O–H groups in total. The number of benzene rings is 2. The van der Waals surface area contributed by atoms with E-state index in [0.29, 0.717) is 12.1 Å². The number of rotatable bonds is 16. The number of esters is 1. The molecule has 2 aromatic rings. The van der Waals surface area contributed by atoms with Crippen LogP contribution in [-0.2, 0) is 30.5 Å².